The van der Waals surface area contributed by atoms with E-state index in [-0.39, 0.29) is 18.3 Å². The fourth-order valence-electron chi connectivity index (χ4n) is 1.33. The Bertz CT molecular complexity index is 514. The number of rotatable bonds is 6. The van der Waals surface area contributed by atoms with Gasteiger partial charge < -0.3 is 10.1 Å². The zero-order valence-electron chi connectivity index (χ0n) is 9.97. The average molecular weight is 265 g/mol. The third-order valence-corrected chi connectivity index (χ3v) is 2.24. The number of carbonyl (C=O) groups excluding carboxylic acids is 1. The Kier molecular flexibility index (Phi) is 4.38. The minimum atomic E-state index is -0.350. The summed E-state index contributed by atoms with van der Waals surface area (Å²) in [5, 5.41) is 15.9. The van der Waals surface area contributed by atoms with Crippen molar-refractivity contribution in [2.45, 2.75) is 6.42 Å². The summed E-state index contributed by atoms with van der Waals surface area (Å²) in [4.78, 5) is 11.4. The largest absolute Gasteiger partial charge is 0.484 e. The molecule has 0 radical (unpaired) electrons. The van der Waals surface area contributed by atoms with E-state index in [2.05, 4.69) is 25.9 Å². The van der Waals surface area contributed by atoms with E-state index in [1.54, 1.807) is 0 Å². The van der Waals surface area contributed by atoms with E-state index in [1.165, 1.54) is 24.3 Å². The summed E-state index contributed by atoms with van der Waals surface area (Å²) < 4.78 is 17.8. The van der Waals surface area contributed by atoms with Gasteiger partial charge in [-0.25, -0.2) is 4.39 Å². The van der Waals surface area contributed by atoms with Crippen molar-refractivity contribution in [3.8, 4) is 5.75 Å². The van der Waals surface area contributed by atoms with Crippen LogP contribution in [0.3, 0.4) is 0 Å². The molecule has 1 aromatic carbocycles. The highest BCUT2D eigenvalue weighted by molar-refractivity contribution is 5.77. The lowest BCUT2D eigenvalue weighted by Crippen LogP contribution is -2.30. The highest BCUT2D eigenvalue weighted by Gasteiger charge is 2.04. The molecule has 100 valence electrons. The molecule has 0 bridgehead atoms. The summed E-state index contributed by atoms with van der Waals surface area (Å²) in [6.07, 6.45) is 0.485. The van der Waals surface area contributed by atoms with Gasteiger partial charge in [-0.05, 0) is 24.3 Å². The van der Waals surface area contributed by atoms with Gasteiger partial charge in [-0.15, -0.1) is 10.2 Å². The summed E-state index contributed by atoms with van der Waals surface area (Å²) in [5.41, 5.74) is 0. The molecule has 19 heavy (non-hydrogen) atoms. The lowest BCUT2D eigenvalue weighted by molar-refractivity contribution is -0.123. The fourth-order valence-corrected chi connectivity index (χ4v) is 1.33. The molecule has 7 nitrogen and oxygen atoms in total. The Hall–Kier alpha value is -2.51. The number of benzene rings is 1. The van der Waals surface area contributed by atoms with Crippen molar-refractivity contribution in [3.63, 3.8) is 0 Å². The van der Waals surface area contributed by atoms with Crippen LogP contribution in [0, 0.1) is 5.82 Å². The number of nitrogens with zero attached hydrogens (tertiary/aromatic N) is 3. The van der Waals surface area contributed by atoms with Gasteiger partial charge in [0.1, 0.15) is 11.6 Å². The fraction of sp³-hybridized carbons (Fsp3) is 0.273. The molecule has 0 atom stereocenters. The molecule has 0 fully saturated rings. The predicted octanol–water partition coefficient (Wildman–Crippen LogP) is 0.0765. The number of aromatic nitrogens is 4. The van der Waals surface area contributed by atoms with Gasteiger partial charge in [0, 0.05) is 13.0 Å². The number of nitrogens with one attached hydrogen (secondary N) is 2. The van der Waals surface area contributed by atoms with Crippen molar-refractivity contribution in [1.82, 2.24) is 25.9 Å². The summed E-state index contributed by atoms with van der Waals surface area (Å²) in [6, 6.07) is 5.46. The Labute approximate surface area is 108 Å². The first kappa shape index (κ1) is 12.9. The molecule has 0 saturated carbocycles. The third-order valence-electron chi connectivity index (χ3n) is 2.24. The van der Waals surface area contributed by atoms with Crippen molar-refractivity contribution in [2.24, 2.45) is 0 Å². The first-order valence-corrected chi connectivity index (χ1v) is 5.61. The molecule has 2 N–H and O–H groups in total. The second-order valence-corrected chi connectivity index (χ2v) is 3.67. The summed E-state index contributed by atoms with van der Waals surface area (Å²) in [7, 11) is 0. The molecule has 1 aromatic heterocycles. The number of halogens is 1. The van der Waals surface area contributed by atoms with Gasteiger partial charge in [-0.1, -0.05) is 5.21 Å². The summed E-state index contributed by atoms with van der Waals surface area (Å²) >= 11 is 0. The van der Waals surface area contributed by atoms with Gasteiger partial charge in [0.25, 0.3) is 5.91 Å². The Morgan fingerprint density at radius 1 is 1.37 bits per heavy atom. The van der Waals surface area contributed by atoms with Crippen molar-refractivity contribution in [1.29, 1.82) is 0 Å². The molecule has 0 unspecified atom stereocenters. The third kappa shape index (κ3) is 4.34. The van der Waals surface area contributed by atoms with E-state index < -0.39 is 0 Å². The van der Waals surface area contributed by atoms with Crippen LogP contribution in [0.1, 0.15) is 5.82 Å². The average Bonchev–Trinajstić information content (AvgIpc) is 2.91. The second kappa shape index (κ2) is 6.43. The zero-order valence-corrected chi connectivity index (χ0v) is 9.97. The van der Waals surface area contributed by atoms with Crippen LogP contribution in [-0.2, 0) is 11.2 Å². The normalized spacial score (nSPS) is 10.2. The maximum Gasteiger partial charge on any atom is 0.257 e. The van der Waals surface area contributed by atoms with E-state index in [4.69, 9.17) is 4.74 Å². The predicted molar refractivity (Wildman–Crippen MR) is 62.8 cm³/mol. The molecule has 1 amide bonds. The molecular formula is C11H12FN5O2. The molecule has 0 saturated heterocycles. The summed E-state index contributed by atoms with van der Waals surface area (Å²) in [5.74, 6) is 0.346. The number of hydrogen-bond acceptors (Lipinski definition) is 5. The first-order valence-electron chi connectivity index (χ1n) is 5.61. The molecule has 0 aliphatic carbocycles. The lowest BCUT2D eigenvalue weighted by atomic mass is 10.3. The van der Waals surface area contributed by atoms with Gasteiger partial charge in [-0.2, -0.15) is 5.21 Å². The lowest BCUT2D eigenvalue weighted by Gasteiger charge is -2.06. The topological polar surface area (TPSA) is 92.8 Å². The molecular weight excluding hydrogens is 253 g/mol. The standard InChI is InChI=1S/C11H12FN5O2/c12-8-1-3-9(4-2-8)19-7-11(18)13-6-5-10-14-16-17-15-10/h1-4H,5-7H2,(H,13,18)(H,14,15,16,17). The number of aromatic amines is 1. The van der Waals surface area contributed by atoms with E-state index in [0.717, 1.165) is 0 Å². The van der Waals surface area contributed by atoms with E-state index in [1.807, 2.05) is 0 Å². The number of H-pyrrole nitrogens is 1. The Balaban J connectivity index is 1.65. The first-order chi connectivity index (χ1) is 9.24. The Morgan fingerprint density at radius 3 is 2.84 bits per heavy atom. The number of ether oxygens (including phenoxy) is 1. The number of amides is 1. The minimum absolute atomic E-state index is 0.127. The van der Waals surface area contributed by atoms with Crippen molar-refractivity contribution < 1.29 is 13.9 Å². The van der Waals surface area contributed by atoms with Crippen molar-refractivity contribution in [2.75, 3.05) is 13.2 Å². The van der Waals surface area contributed by atoms with Gasteiger partial charge in [0.2, 0.25) is 0 Å². The smallest absolute Gasteiger partial charge is 0.257 e. The second-order valence-electron chi connectivity index (χ2n) is 3.67. The van der Waals surface area contributed by atoms with Crippen LogP contribution in [-0.4, -0.2) is 39.7 Å². The van der Waals surface area contributed by atoms with E-state index in [0.29, 0.717) is 24.5 Å². The molecule has 8 heteroatoms. The van der Waals surface area contributed by atoms with Crippen molar-refractivity contribution in [3.05, 3.63) is 35.9 Å². The van der Waals surface area contributed by atoms with Crippen LogP contribution in [0.2, 0.25) is 0 Å². The van der Waals surface area contributed by atoms with Gasteiger partial charge >= 0.3 is 0 Å². The molecule has 1 heterocycles. The maximum absolute atomic E-state index is 12.6. The van der Waals surface area contributed by atoms with Crippen molar-refractivity contribution >= 4 is 5.91 Å². The SMILES string of the molecule is O=C(COc1ccc(F)cc1)NCCc1nn[nH]n1. The van der Waals surface area contributed by atoms with Crippen LogP contribution in [0.5, 0.6) is 5.75 Å². The van der Waals surface area contributed by atoms with Crippen LogP contribution < -0.4 is 10.1 Å². The van der Waals surface area contributed by atoms with Gasteiger partial charge in [0.15, 0.2) is 12.4 Å². The van der Waals surface area contributed by atoms with Crippen LogP contribution in [0.25, 0.3) is 0 Å². The molecule has 0 aliphatic heterocycles. The maximum atomic E-state index is 12.6. The Morgan fingerprint density at radius 2 is 2.16 bits per heavy atom. The number of hydrogen-bond donors (Lipinski definition) is 2. The number of carbonyl (C=O) groups is 1. The van der Waals surface area contributed by atoms with E-state index >= 15 is 0 Å². The highest BCUT2D eigenvalue weighted by Crippen LogP contribution is 2.10. The van der Waals surface area contributed by atoms with Crippen LogP contribution in [0.15, 0.2) is 24.3 Å². The zero-order chi connectivity index (χ0) is 13.5. The molecule has 2 rings (SSSR count). The minimum Gasteiger partial charge on any atom is -0.484 e. The monoisotopic (exact) mass is 265 g/mol. The van der Waals surface area contributed by atoms with Crippen LogP contribution >= 0.6 is 0 Å². The molecule has 2 aromatic rings. The number of tetrazole rings is 1. The quantitative estimate of drug-likeness (QED) is 0.771. The van der Waals surface area contributed by atoms with Gasteiger partial charge in [0.05, 0.1) is 0 Å². The van der Waals surface area contributed by atoms with Gasteiger partial charge in [-0.3, -0.25) is 4.79 Å². The molecule has 0 spiro atoms. The molecule has 0 aliphatic rings. The highest BCUT2D eigenvalue weighted by atomic mass is 19.1. The van der Waals surface area contributed by atoms with E-state index in [9.17, 15) is 9.18 Å². The van der Waals surface area contributed by atoms with Crippen LogP contribution in [0.4, 0.5) is 4.39 Å². The summed E-state index contributed by atoms with van der Waals surface area (Å²) in [6.45, 7) is 0.267.